The highest BCUT2D eigenvalue weighted by molar-refractivity contribution is 7.98. The Morgan fingerprint density at radius 1 is 0.875 bits per heavy atom. The third-order valence-electron chi connectivity index (χ3n) is 5.29. The fourth-order valence-electron chi connectivity index (χ4n) is 3.53. The molecule has 0 unspecified atom stereocenters. The second kappa shape index (κ2) is 8.48. The number of aromatic nitrogens is 3. The van der Waals surface area contributed by atoms with Gasteiger partial charge < -0.3 is 4.42 Å². The average molecular weight is 440 g/mol. The van der Waals surface area contributed by atoms with Crippen molar-refractivity contribution in [2.24, 2.45) is 0 Å². The van der Waals surface area contributed by atoms with E-state index in [0.717, 1.165) is 28.3 Å². The number of para-hydroxylation sites is 1. The minimum atomic E-state index is -0.0798. The number of thioether (sulfide) groups is 1. The van der Waals surface area contributed by atoms with Crippen LogP contribution in [0.2, 0.25) is 0 Å². The predicted octanol–water partition coefficient (Wildman–Crippen LogP) is 5.95. The third kappa shape index (κ3) is 3.85. The summed E-state index contributed by atoms with van der Waals surface area (Å²) in [5.74, 6) is 1.90. The molecule has 5 aromatic rings. The molecule has 0 aliphatic heterocycles. The Balaban J connectivity index is 1.54. The molecule has 0 aliphatic rings. The van der Waals surface area contributed by atoms with Gasteiger partial charge in [0, 0.05) is 11.3 Å². The Labute approximate surface area is 189 Å². The van der Waals surface area contributed by atoms with E-state index in [9.17, 15) is 4.79 Å². The number of hydrogen-bond donors (Lipinski definition) is 0. The molecule has 3 aromatic carbocycles. The number of fused-ring (bicyclic) bond motifs is 1. The highest BCUT2D eigenvalue weighted by Crippen LogP contribution is 2.28. The van der Waals surface area contributed by atoms with Gasteiger partial charge in [0.15, 0.2) is 5.16 Å². The lowest BCUT2D eigenvalue weighted by atomic mass is 10.2. The van der Waals surface area contributed by atoms with E-state index in [-0.39, 0.29) is 5.56 Å². The summed E-state index contributed by atoms with van der Waals surface area (Å²) in [5, 5.41) is 1.22. The zero-order valence-electron chi connectivity index (χ0n) is 17.8. The lowest BCUT2D eigenvalue weighted by molar-refractivity contribution is 0.540. The van der Waals surface area contributed by atoms with Gasteiger partial charge in [-0.25, -0.2) is 9.97 Å². The largest absolute Gasteiger partial charge is 0.441 e. The lowest BCUT2D eigenvalue weighted by Crippen LogP contribution is -2.21. The molecule has 0 saturated heterocycles. The standard InChI is InChI=1S/C26H21N3O2S/c1-17-12-14-20(15-13-17)29-25(30)21-10-6-7-11-22(21)28-26(29)32-16-23-18(2)31-24(27-23)19-8-4-3-5-9-19/h3-15H,16H2,1-2H3. The van der Waals surface area contributed by atoms with Gasteiger partial charge in [-0.3, -0.25) is 9.36 Å². The molecule has 5 nitrogen and oxygen atoms in total. The van der Waals surface area contributed by atoms with Crippen LogP contribution in [0, 0.1) is 13.8 Å². The summed E-state index contributed by atoms with van der Waals surface area (Å²) in [6.07, 6.45) is 0. The van der Waals surface area contributed by atoms with Crippen molar-refractivity contribution in [2.75, 3.05) is 0 Å². The van der Waals surface area contributed by atoms with Crippen molar-refractivity contribution >= 4 is 22.7 Å². The first-order chi connectivity index (χ1) is 15.6. The highest BCUT2D eigenvalue weighted by Gasteiger charge is 2.16. The average Bonchev–Trinajstić information content (AvgIpc) is 3.20. The molecule has 32 heavy (non-hydrogen) atoms. The van der Waals surface area contributed by atoms with Crippen LogP contribution in [0.1, 0.15) is 17.0 Å². The molecule has 0 atom stereocenters. The molecule has 2 heterocycles. The Hall–Kier alpha value is -3.64. The molecular formula is C26H21N3O2S. The fourth-order valence-corrected chi connectivity index (χ4v) is 4.54. The van der Waals surface area contributed by atoms with E-state index in [2.05, 4.69) is 0 Å². The van der Waals surface area contributed by atoms with Gasteiger partial charge in [0.25, 0.3) is 5.56 Å². The van der Waals surface area contributed by atoms with E-state index >= 15 is 0 Å². The second-order valence-electron chi connectivity index (χ2n) is 7.56. The Morgan fingerprint density at radius 3 is 2.38 bits per heavy atom. The van der Waals surface area contributed by atoms with Gasteiger partial charge in [-0.05, 0) is 50.2 Å². The van der Waals surface area contributed by atoms with Crippen molar-refractivity contribution in [1.29, 1.82) is 0 Å². The number of oxazole rings is 1. The molecule has 158 valence electrons. The van der Waals surface area contributed by atoms with Crippen LogP contribution in [-0.4, -0.2) is 14.5 Å². The summed E-state index contributed by atoms with van der Waals surface area (Å²) in [4.78, 5) is 22.9. The van der Waals surface area contributed by atoms with Crippen LogP contribution in [0.3, 0.4) is 0 Å². The molecule has 0 N–H and O–H groups in total. The SMILES string of the molecule is Cc1ccc(-n2c(SCc3nc(-c4ccccc4)oc3C)nc3ccccc3c2=O)cc1. The smallest absolute Gasteiger partial charge is 0.266 e. The quantitative estimate of drug-likeness (QED) is 0.250. The Kier molecular flexibility index (Phi) is 5.37. The minimum absolute atomic E-state index is 0.0798. The summed E-state index contributed by atoms with van der Waals surface area (Å²) in [5.41, 5.74) is 4.31. The summed E-state index contributed by atoms with van der Waals surface area (Å²) in [6.45, 7) is 3.94. The summed E-state index contributed by atoms with van der Waals surface area (Å²) in [7, 11) is 0. The van der Waals surface area contributed by atoms with E-state index < -0.39 is 0 Å². The zero-order chi connectivity index (χ0) is 22.1. The van der Waals surface area contributed by atoms with Gasteiger partial charge in [0.2, 0.25) is 5.89 Å². The maximum atomic E-state index is 13.4. The molecule has 0 spiro atoms. The van der Waals surface area contributed by atoms with Crippen molar-refractivity contribution in [3.63, 3.8) is 0 Å². The van der Waals surface area contributed by atoms with Crippen LogP contribution < -0.4 is 5.56 Å². The van der Waals surface area contributed by atoms with Gasteiger partial charge >= 0.3 is 0 Å². The second-order valence-corrected chi connectivity index (χ2v) is 8.51. The molecule has 0 aliphatic carbocycles. The van der Waals surface area contributed by atoms with Crippen molar-refractivity contribution in [1.82, 2.24) is 14.5 Å². The van der Waals surface area contributed by atoms with Crippen LogP contribution in [0.15, 0.2) is 93.2 Å². The molecule has 0 amide bonds. The van der Waals surface area contributed by atoms with Crippen LogP contribution in [0.5, 0.6) is 0 Å². The van der Waals surface area contributed by atoms with Crippen molar-refractivity contribution in [3.05, 3.63) is 106 Å². The molecule has 0 fully saturated rings. The number of aryl methyl sites for hydroxylation is 2. The van der Waals surface area contributed by atoms with E-state index in [1.165, 1.54) is 11.8 Å². The van der Waals surface area contributed by atoms with Gasteiger partial charge in [-0.15, -0.1) is 0 Å². The first kappa shape index (κ1) is 20.3. The van der Waals surface area contributed by atoms with Gasteiger partial charge in [-0.1, -0.05) is 59.8 Å². The summed E-state index contributed by atoms with van der Waals surface area (Å²) in [6, 6.07) is 25.2. The highest BCUT2D eigenvalue weighted by atomic mass is 32.2. The van der Waals surface area contributed by atoms with Crippen LogP contribution >= 0.6 is 11.8 Å². The number of rotatable bonds is 5. The fraction of sp³-hybridized carbons (Fsp3) is 0.115. The maximum Gasteiger partial charge on any atom is 0.266 e. The lowest BCUT2D eigenvalue weighted by Gasteiger charge is -2.13. The van der Waals surface area contributed by atoms with Crippen LogP contribution in [0.25, 0.3) is 28.0 Å². The third-order valence-corrected chi connectivity index (χ3v) is 6.24. The molecule has 6 heteroatoms. The minimum Gasteiger partial charge on any atom is -0.441 e. The first-order valence-corrected chi connectivity index (χ1v) is 11.3. The Morgan fingerprint density at radius 2 is 1.59 bits per heavy atom. The normalized spacial score (nSPS) is 11.2. The monoisotopic (exact) mass is 439 g/mol. The van der Waals surface area contributed by atoms with Gasteiger partial charge in [-0.2, -0.15) is 0 Å². The number of hydrogen-bond acceptors (Lipinski definition) is 5. The van der Waals surface area contributed by atoms with Gasteiger partial charge in [0.1, 0.15) is 5.76 Å². The van der Waals surface area contributed by atoms with E-state index in [1.807, 2.05) is 92.7 Å². The molecule has 2 aromatic heterocycles. The molecule has 5 rings (SSSR count). The maximum absolute atomic E-state index is 13.4. The first-order valence-electron chi connectivity index (χ1n) is 10.3. The predicted molar refractivity (Wildman–Crippen MR) is 128 cm³/mol. The molecular weight excluding hydrogens is 418 g/mol. The summed E-state index contributed by atoms with van der Waals surface area (Å²) < 4.78 is 7.58. The van der Waals surface area contributed by atoms with Crippen LogP contribution in [-0.2, 0) is 5.75 Å². The van der Waals surface area contributed by atoms with Gasteiger partial charge in [0.05, 0.1) is 22.3 Å². The molecule has 0 bridgehead atoms. The number of benzene rings is 3. The van der Waals surface area contributed by atoms with E-state index in [1.54, 1.807) is 4.57 Å². The van der Waals surface area contributed by atoms with E-state index in [0.29, 0.717) is 27.7 Å². The van der Waals surface area contributed by atoms with Crippen molar-refractivity contribution < 1.29 is 4.42 Å². The van der Waals surface area contributed by atoms with Crippen molar-refractivity contribution in [2.45, 2.75) is 24.8 Å². The zero-order valence-corrected chi connectivity index (χ0v) is 18.6. The number of nitrogens with zero attached hydrogens (tertiary/aromatic N) is 3. The molecule has 0 saturated carbocycles. The summed E-state index contributed by atoms with van der Waals surface area (Å²) >= 11 is 1.48. The van der Waals surface area contributed by atoms with Crippen molar-refractivity contribution in [3.8, 4) is 17.1 Å². The topological polar surface area (TPSA) is 60.9 Å². The molecule has 0 radical (unpaired) electrons. The van der Waals surface area contributed by atoms with E-state index in [4.69, 9.17) is 14.4 Å². The van der Waals surface area contributed by atoms with Crippen LogP contribution in [0.4, 0.5) is 0 Å². The Bertz CT molecular complexity index is 1450.